The van der Waals surface area contributed by atoms with Gasteiger partial charge in [-0.1, -0.05) is 33.6 Å². The molecule has 112 valence electrons. The first-order valence-corrected chi connectivity index (χ1v) is 7.96. The van der Waals surface area contributed by atoms with Crippen molar-refractivity contribution >= 4 is 11.6 Å². The Hall–Kier alpha value is -1.32. The van der Waals surface area contributed by atoms with Crippen molar-refractivity contribution in [2.24, 2.45) is 11.8 Å². The topological polar surface area (TPSA) is 49.8 Å². The van der Waals surface area contributed by atoms with Crippen LogP contribution in [0, 0.1) is 11.8 Å². The van der Waals surface area contributed by atoms with Crippen molar-refractivity contribution in [2.75, 3.05) is 23.7 Å². The summed E-state index contributed by atoms with van der Waals surface area (Å²) in [6.07, 6.45) is 5.74. The number of anilines is 2. The van der Waals surface area contributed by atoms with Crippen LogP contribution in [-0.2, 0) is 0 Å². The lowest BCUT2D eigenvalue weighted by Gasteiger charge is -2.20. The molecule has 0 saturated heterocycles. The molecule has 20 heavy (non-hydrogen) atoms. The Kier molecular flexibility index (Phi) is 5.21. The molecule has 1 aromatic rings. The molecule has 1 fully saturated rings. The molecule has 0 spiro atoms. The molecule has 2 atom stereocenters. The number of nitrogens with one attached hydrogen (secondary N) is 2. The largest absolute Gasteiger partial charge is 0.370 e. The molecule has 2 N–H and O–H groups in total. The molecule has 1 aliphatic rings. The van der Waals surface area contributed by atoms with Gasteiger partial charge in [0, 0.05) is 18.7 Å². The van der Waals surface area contributed by atoms with Crippen molar-refractivity contribution in [2.45, 2.75) is 52.9 Å². The standard InChI is InChI=1S/C16H28N4/c1-5-17-15-14(11(2)3)16(20-10-19-15)18-9-13-8-6-7-12(13)4/h10-13H,5-9H2,1-4H3,(H2,17,18,19,20). The molecule has 1 aliphatic carbocycles. The monoisotopic (exact) mass is 276 g/mol. The Morgan fingerprint density at radius 1 is 1.20 bits per heavy atom. The molecule has 1 saturated carbocycles. The molecule has 0 radical (unpaired) electrons. The van der Waals surface area contributed by atoms with Crippen LogP contribution in [0.2, 0.25) is 0 Å². The molecule has 4 nitrogen and oxygen atoms in total. The second kappa shape index (κ2) is 6.91. The van der Waals surface area contributed by atoms with Gasteiger partial charge in [0.05, 0.1) is 0 Å². The van der Waals surface area contributed by atoms with Crippen LogP contribution in [0.15, 0.2) is 6.33 Å². The Bertz CT molecular complexity index is 430. The summed E-state index contributed by atoms with van der Waals surface area (Å²) < 4.78 is 0. The molecule has 0 aliphatic heterocycles. The lowest BCUT2D eigenvalue weighted by molar-refractivity contribution is 0.439. The first kappa shape index (κ1) is 15.1. The van der Waals surface area contributed by atoms with E-state index >= 15 is 0 Å². The van der Waals surface area contributed by atoms with Gasteiger partial charge in [-0.25, -0.2) is 9.97 Å². The van der Waals surface area contributed by atoms with E-state index < -0.39 is 0 Å². The van der Waals surface area contributed by atoms with Crippen LogP contribution >= 0.6 is 0 Å². The molecule has 1 heterocycles. The van der Waals surface area contributed by atoms with E-state index in [2.05, 4.69) is 48.3 Å². The highest BCUT2D eigenvalue weighted by Crippen LogP contribution is 2.33. The van der Waals surface area contributed by atoms with Gasteiger partial charge in [0.15, 0.2) is 0 Å². The SMILES string of the molecule is CCNc1ncnc(NCC2CCCC2C)c1C(C)C. The minimum absolute atomic E-state index is 0.411. The highest BCUT2D eigenvalue weighted by atomic mass is 15.1. The van der Waals surface area contributed by atoms with Gasteiger partial charge < -0.3 is 10.6 Å². The predicted octanol–water partition coefficient (Wildman–Crippen LogP) is 3.88. The molecule has 2 rings (SSSR count). The summed E-state index contributed by atoms with van der Waals surface area (Å²) in [5, 5.41) is 6.92. The van der Waals surface area contributed by atoms with E-state index in [-0.39, 0.29) is 0 Å². The number of rotatable bonds is 6. The fraction of sp³-hybridized carbons (Fsp3) is 0.750. The van der Waals surface area contributed by atoms with Gasteiger partial charge in [-0.2, -0.15) is 0 Å². The molecule has 0 aromatic carbocycles. The zero-order chi connectivity index (χ0) is 14.5. The average molecular weight is 276 g/mol. The number of nitrogens with zero attached hydrogens (tertiary/aromatic N) is 2. The van der Waals surface area contributed by atoms with Crippen molar-refractivity contribution in [3.8, 4) is 0 Å². The third-order valence-corrected chi connectivity index (χ3v) is 4.38. The van der Waals surface area contributed by atoms with Crippen LogP contribution in [0.5, 0.6) is 0 Å². The molecular weight excluding hydrogens is 248 g/mol. The van der Waals surface area contributed by atoms with Gasteiger partial charge in [-0.15, -0.1) is 0 Å². The Morgan fingerprint density at radius 2 is 1.90 bits per heavy atom. The molecule has 0 bridgehead atoms. The van der Waals surface area contributed by atoms with Gasteiger partial charge in [0.25, 0.3) is 0 Å². The quantitative estimate of drug-likeness (QED) is 0.828. The molecular formula is C16H28N4. The van der Waals surface area contributed by atoms with Crippen molar-refractivity contribution < 1.29 is 0 Å². The van der Waals surface area contributed by atoms with Gasteiger partial charge >= 0.3 is 0 Å². The summed E-state index contributed by atoms with van der Waals surface area (Å²) in [5.74, 6) is 4.01. The van der Waals surface area contributed by atoms with Gasteiger partial charge in [0.1, 0.15) is 18.0 Å². The van der Waals surface area contributed by atoms with E-state index in [1.807, 2.05) is 0 Å². The maximum atomic E-state index is 4.47. The second-order valence-corrected chi connectivity index (χ2v) is 6.22. The van der Waals surface area contributed by atoms with Crippen LogP contribution in [0.25, 0.3) is 0 Å². The highest BCUT2D eigenvalue weighted by molar-refractivity contribution is 5.59. The molecule has 2 unspecified atom stereocenters. The summed E-state index contributed by atoms with van der Waals surface area (Å²) in [4.78, 5) is 8.85. The summed E-state index contributed by atoms with van der Waals surface area (Å²) in [5.41, 5.74) is 1.21. The number of hydrogen-bond donors (Lipinski definition) is 2. The van der Waals surface area contributed by atoms with Crippen LogP contribution in [0.3, 0.4) is 0 Å². The molecule has 1 aromatic heterocycles. The van der Waals surface area contributed by atoms with E-state index in [0.29, 0.717) is 5.92 Å². The average Bonchev–Trinajstić information content (AvgIpc) is 2.82. The first-order chi connectivity index (χ1) is 9.63. The maximum absolute atomic E-state index is 4.47. The third kappa shape index (κ3) is 3.41. The van der Waals surface area contributed by atoms with E-state index in [1.165, 1.54) is 24.8 Å². The third-order valence-electron chi connectivity index (χ3n) is 4.38. The Morgan fingerprint density at radius 3 is 2.45 bits per heavy atom. The predicted molar refractivity (Wildman–Crippen MR) is 85.3 cm³/mol. The van der Waals surface area contributed by atoms with Crippen LogP contribution in [0.4, 0.5) is 11.6 Å². The zero-order valence-electron chi connectivity index (χ0n) is 13.2. The fourth-order valence-corrected chi connectivity index (χ4v) is 3.14. The summed E-state index contributed by atoms with van der Waals surface area (Å²) in [7, 11) is 0. The van der Waals surface area contributed by atoms with Crippen molar-refractivity contribution in [1.29, 1.82) is 0 Å². The lowest BCUT2D eigenvalue weighted by Crippen LogP contribution is -2.19. The zero-order valence-corrected chi connectivity index (χ0v) is 13.2. The van der Waals surface area contributed by atoms with E-state index in [4.69, 9.17) is 0 Å². The van der Waals surface area contributed by atoms with Crippen molar-refractivity contribution in [1.82, 2.24) is 9.97 Å². The van der Waals surface area contributed by atoms with Crippen molar-refractivity contribution in [3.05, 3.63) is 11.9 Å². The Balaban J connectivity index is 2.11. The van der Waals surface area contributed by atoms with E-state index in [1.54, 1.807) is 6.33 Å². The van der Waals surface area contributed by atoms with Crippen LogP contribution in [-0.4, -0.2) is 23.1 Å². The fourth-order valence-electron chi connectivity index (χ4n) is 3.14. The van der Waals surface area contributed by atoms with E-state index in [9.17, 15) is 0 Å². The molecule has 4 heteroatoms. The lowest BCUT2D eigenvalue weighted by atomic mass is 9.98. The molecule has 0 amide bonds. The number of aromatic nitrogens is 2. The summed E-state index contributed by atoms with van der Waals surface area (Å²) >= 11 is 0. The number of hydrogen-bond acceptors (Lipinski definition) is 4. The summed E-state index contributed by atoms with van der Waals surface area (Å²) in [6, 6.07) is 0. The minimum atomic E-state index is 0.411. The highest BCUT2D eigenvalue weighted by Gasteiger charge is 2.24. The second-order valence-electron chi connectivity index (χ2n) is 6.22. The smallest absolute Gasteiger partial charge is 0.134 e. The minimum Gasteiger partial charge on any atom is -0.370 e. The van der Waals surface area contributed by atoms with E-state index in [0.717, 1.165) is 36.6 Å². The van der Waals surface area contributed by atoms with Gasteiger partial charge in [-0.3, -0.25) is 0 Å². The van der Waals surface area contributed by atoms with Crippen LogP contribution in [0.1, 0.15) is 58.4 Å². The summed E-state index contributed by atoms with van der Waals surface area (Å²) in [6.45, 7) is 10.8. The van der Waals surface area contributed by atoms with Crippen molar-refractivity contribution in [3.63, 3.8) is 0 Å². The first-order valence-electron chi connectivity index (χ1n) is 7.96. The normalized spacial score (nSPS) is 22.2. The van der Waals surface area contributed by atoms with Gasteiger partial charge in [-0.05, 0) is 31.1 Å². The Labute approximate surface area is 122 Å². The van der Waals surface area contributed by atoms with Gasteiger partial charge in [0.2, 0.25) is 0 Å². The maximum Gasteiger partial charge on any atom is 0.134 e. The van der Waals surface area contributed by atoms with Crippen LogP contribution < -0.4 is 10.6 Å².